The van der Waals surface area contributed by atoms with Crippen molar-refractivity contribution in [2.75, 3.05) is 6.54 Å². The lowest BCUT2D eigenvalue weighted by Gasteiger charge is -2.31. The predicted octanol–water partition coefficient (Wildman–Crippen LogP) is 7.10. The lowest BCUT2D eigenvalue weighted by molar-refractivity contribution is 0.0671. The lowest BCUT2D eigenvalue weighted by Crippen LogP contribution is -2.38. The van der Waals surface area contributed by atoms with Gasteiger partial charge in [-0.25, -0.2) is 4.98 Å². The highest BCUT2D eigenvalue weighted by atomic mass is 16.2. The number of carbonyl (C=O) groups excluding carboxylic acids is 1. The number of aryl methyl sites for hydroxylation is 1. The Morgan fingerprint density at radius 2 is 1.55 bits per heavy atom. The first-order valence-corrected chi connectivity index (χ1v) is 13.2. The zero-order valence-corrected chi connectivity index (χ0v) is 22.4. The molecule has 192 valence electrons. The molecule has 0 bridgehead atoms. The summed E-state index contributed by atoms with van der Waals surface area (Å²) in [7, 11) is 0. The Morgan fingerprint density at radius 1 is 0.868 bits per heavy atom. The summed E-state index contributed by atoms with van der Waals surface area (Å²) < 4.78 is 1.68. The number of fused-ring (bicyclic) bond motifs is 2. The molecule has 0 aliphatic heterocycles. The number of aromatic nitrogens is 2. The van der Waals surface area contributed by atoms with Gasteiger partial charge in [-0.1, -0.05) is 74.0 Å². The van der Waals surface area contributed by atoms with Crippen LogP contribution in [0.3, 0.4) is 0 Å². The molecule has 0 aliphatic carbocycles. The van der Waals surface area contributed by atoms with Crippen LogP contribution in [0.4, 0.5) is 0 Å². The Labute approximate surface area is 223 Å². The van der Waals surface area contributed by atoms with E-state index in [9.17, 15) is 9.59 Å². The van der Waals surface area contributed by atoms with Crippen LogP contribution in [-0.2, 0) is 0 Å². The Bertz CT molecular complexity index is 1670. The van der Waals surface area contributed by atoms with Crippen LogP contribution in [0.1, 0.15) is 55.0 Å². The quantitative estimate of drug-likeness (QED) is 0.238. The Balaban J connectivity index is 1.69. The summed E-state index contributed by atoms with van der Waals surface area (Å²) in [6.07, 6.45) is 0.843. The molecule has 5 heteroatoms. The Hall–Kier alpha value is -4.25. The molecule has 0 saturated heterocycles. The fourth-order valence-corrected chi connectivity index (χ4v) is 4.87. The molecule has 0 aliphatic rings. The van der Waals surface area contributed by atoms with Crippen molar-refractivity contribution in [3.63, 3.8) is 0 Å². The summed E-state index contributed by atoms with van der Waals surface area (Å²) in [6.45, 7) is 8.85. The van der Waals surface area contributed by atoms with Crippen molar-refractivity contribution >= 4 is 27.6 Å². The van der Waals surface area contributed by atoms with Gasteiger partial charge in [0, 0.05) is 12.1 Å². The number of nitrogens with zero attached hydrogens (tertiary/aromatic N) is 3. The van der Waals surface area contributed by atoms with Crippen molar-refractivity contribution in [2.24, 2.45) is 5.92 Å². The summed E-state index contributed by atoms with van der Waals surface area (Å²) in [5, 5.41) is 2.69. The summed E-state index contributed by atoms with van der Waals surface area (Å²) in [5.41, 5.74) is 2.96. The van der Waals surface area contributed by atoms with E-state index in [2.05, 4.69) is 19.9 Å². The predicted molar refractivity (Wildman–Crippen MR) is 155 cm³/mol. The van der Waals surface area contributed by atoms with Gasteiger partial charge in [0.05, 0.1) is 22.6 Å². The summed E-state index contributed by atoms with van der Waals surface area (Å²) >= 11 is 0. The highest BCUT2D eigenvalue weighted by molar-refractivity contribution is 5.94. The van der Waals surface area contributed by atoms with Gasteiger partial charge in [0.25, 0.3) is 11.5 Å². The molecule has 1 aromatic heterocycles. The first-order chi connectivity index (χ1) is 18.3. The average molecular weight is 504 g/mol. The van der Waals surface area contributed by atoms with E-state index in [-0.39, 0.29) is 11.5 Å². The fourth-order valence-electron chi connectivity index (χ4n) is 4.87. The minimum absolute atomic E-state index is 0.0642. The summed E-state index contributed by atoms with van der Waals surface area (Å²) in [5.74, 6) is 0.904. The molecule has 0 saturated carbocycles. The molecule has 0 spiro atoms. The van der Waals surface area contributed by atoms with Crippen molar-refractivity contribution in [3.05, 3.63) is 118 Å². The Kier molecular flexibility index (Phi) is 7.10. The number of rotatable bonds is 7. The van der Waals surface area contributed by atoms with Gasteiger partial charge < -0.3 is 4.90 Å². The van der Waals surface area contributed by atoms with E-state index >= 15 is 0 Å². The van der Waals surface area contributed by atoms with Crippen LogP contribution in [0.15, 0.2) is 95.8 Å². The molecular formula is C33H33N3O2. The van der Waals surface area contributed by atoms with E-state index in [1.807, 2.05) is 104 Å². The number of benzene rings is 4. The number of hydrogen-bond donors (Lipinski definition) is 0. The molecule has 5 aromatic rings. The molecule has 5 nitrogen and oxygen atoms in total. The minimum atomic E-state index is -0.439. The van der Waals surface area contributed by atoms with Crippen molar-refractivity contribution in [1.82, 2.24) is 14.5 Å². The zero-order valence-electron chi connectivity index (χ0n) is 22.4. The van der Waals surface area contributed by atoms with Crippen LogP contribution in [0.25, 0.3) is 27.4 Å². The molecule has 5 rings (SSSR count). The first-order valence-electron chi connectivity index (χ1n) is 13.2. The van der Waals surface area contributed by atoms with Gasteiger partial charge in [-0.15, -0.1) is 0 Å². The number of para-hydroxylation sites is 1. The smallest absolute Gasteiger partial charge is 0.266 e. The van der Waals surface area contributed by atoms with Gasteiger partial charge in [0.15, 0.2) is 0 Å². The topological polar surface area (TPSA) is 55.2 Å². The second-order valence-electron chi connectivity index (χ2n) is 10.4. The average Bonchev–Trinajstić information content (AvgIpc) is 2.93. The molecular weight excluding hydrogens is 470 g/mol. The van der Waals surface area contributed by atoms with Gasteiger partial charge in [0.2, 0.25) is 0 Å². The van der Waals surface area contributed by atoms with Crippen molar-refractivity contribution in [2.45, 2.75) is 40.2 Å². The molecule has 4 aromatic carbocycles. The van der Waals surface area contributed by atoms with Crippen LogP contribution in [0.5, 0.6) is 0 Å². The maximum Gasteiger partial charge on any atom is 0.266 e. The standard InChI is InChI=1S/C33H33N3O2/c1-22(2)19-20-35(32(37)26-15-13-23(3)14-16-26)24(4)31-34-30-12-8-7-11-29(30)33(38)36(31)28-18-17-25-9-5-6-10-27(25)21-28/h5-18,21-22,24H,19-20H2,1-4H3. The molecule has 1 unspecified atom stereocenters. The van der Waals surface area contributed by atoms with Crippen molar-refractivity contribution in [1.29, 1.82) is 0 Å². The third kappa shape index (κ3) is 4.97. The number of carbonyl (C=O) groups is 1. The SMILES string of the molecule is Cc1ccc(C(=O)N(CCC(C)C)C(C)c2nc3ccccc3c(=O)n2-c2ccc3ccccc3c2)cc1. The van der Waals surface area contributed by atoms with Crippen LogP contribution in [0.2, 0.25) is 0 Å². The second kappa shape index (κ2) is 10.6. The normalized spacial score (nSPS) is 12.2. The van der Waals surface area contributed by atoms with Crippen molar-refractivity contribution < 1.29 is 4.79 Å². The van der Waals surface area contributed by atoms with Gasteiger partial charge in [-0.3, -0.25) is 14.2 Å². The van der Waals surface area contributed by atoms with Crippen LogP contribution in [-0.4, -0.2) is 26.9 Å². The summed E-state index contributed by atoms with van der Waals surface area (Å²) in [4.78, 5) is 34.7. The summed E-state index contributed by atoms with van der Waals surface area (Å²) in [6, 6.07) is 28.7. The van der Waals surface area contributed by atoms with Gasteiger partial charge >= 0.3 is 0 Å². The zero-order chi connectivity index (χ0) is 26.8. The fraction of sp³-hybridized carbons (Fsp3) is 0.242. The van der Waals surface area contributed by atoms with E-state index in [1.54, 1.807) is 4.57 Å². The Morgan fingerprint density at radius 3 is 2.29 bits per heavy atom. The van der Waals surface area contributed by atoms with Crippen LogP contribution < -0.4 is 5.56 Å². The minimum Gasteiger partial charge on any atom is -0.329 e. The molecule has 1 heterocycles. The molecule has 1 atom stereocenters. The van der Waals surface area contributed by atoms with Gasteiger partial charge in [0.1, 0.15) is 5.82 Å². The van der Waals surface area contributed by atoms with E-state index in [0.717, 1.165) is 28.4 Å². The van der Waals surface area contributed by atoms with Gasteiger partial charge in [-0.05, 0) is 73.4 Å². The number of hydrogen-bond acceptors (Lipinski definition) is 3. The molecule has 38 heavy (non-hydrogen) atoms. The second-order valence-corrected chi connectivity index (χ2v) is 10.4. The monoisotopic (exact) mass is 503 g/mol. The van der Waals surface area contributed by atoms with E-state index in [0.29, 0.717) is 34.8 Å². The first kappa shape index (κ1) is 25.4. The molecule has 0 radical (unpaired) electrons. The maximum atomic E-state index is 14.0. The van der Waals surface area contributed by atoms with E-state index in [4.69, 9.17) is 4.98 Å². The van der Waals surface area contributed by atoms with E-state index in [1.165, 1.54) is 0 Å². The van der Waals surface area contributed by atoms with Gasteiger partial charge in [-0.2, -0.15) is 0 Å². The highest BCUT2D eigenvalue weighted by Gasteiger charge is 2.28. The lowest BCUT2D eigenvalue weighted by atomic mass is 10.1. The van der Waals surface area contributed by atoms with Crippen LogP contribution >= 0.6 is 0 Å². The highest BCUT2D eigenvalue weighted by Crippen LogP contribution is 2.27. The molecule has 1 amide bonds. The molecule has 0 N–H and O–H groups in total. The maximum absolute atomic E-state index is 14.0. The third-order valence-electron chi connectivity index (χ3n) is 7.14. The third-order valence-corrected chi connectivity index (χ3v) is 7.14. The number of amides is 1. The van der Waals surface area contributed by atoms with E-state index < -0.39 is 6.04 Å². The van der Waals surface area contributed by atoms with Crippen molar-refractivity contribution in [3.8, 4) is 5.69 Å². The van der Waals surface area contributed by atoms with Crippen LogP contribution in [0, 0.1) is 12.8 Å². The molecule has 0 fully saturated rings. The largest absolute Gasteiger partial charge is 0.329 e.